The number of carboxylic acids is 1. The minimum atomic E-state index is -3.83. The number of nitrogens with one attached hydrogen (secondary N) is 1. The number of hydrogen-bond acceptors (Lipinski definition) is 6. The summed E-state index contributed by atoms with van der Waals surface area (Å²) in [6, 6.07) is -0.00739. The number of furan rings is 1. The minimum Gasteiger partial charge on any atom is -0.480 e. The summed E-state index contributed by atoms with van der Waals surface area (Å²) >= 11 is 0. The Morgan fingerprint density at radius 3 is 2.60 bits per heavy atom. The van der Waals surface area contributed by atoms with E-state index in [2.05, 4.69) is 5.32 Å². The SMILES string of the molecule is Cc1oc(S(=O)(=O)N(C)C)cc1C(=O)NC(C(=O)O)C1CCCOC1. The molecule has 2 heterocycles. The molecule has 1 amide bonds. The van der Waals surface area contributed by atoms with Crippen LogP contribution in [0.25, 0.3) is 0 Å². The zero-order valence-electron chi connectivity index (χ0n) is 14.3. The van der Waals surface area contributed by atoms with Gasteiger partial charge in [-0.2, -0.15) is 0 Å². The smallest absolute Gasteiger partial charge is 0.326 e. The third-order valence-electron chi connectivity index (χ3n) is 4.09. The number of carbonyl (C=O) groups excluding carboxylic acids is 1. The van der Waals surface area contributed by atoms with Crippen molar-refractivity contribution in [2.45, 2.75) is 30.9 Å². The first-order valence-corrected chi connectivity index (χ1v) is 9.23. The van der Waals surface area contributed by atoms with Crippen LogP contribution < -0.4 is 5.32 Å². The highest BCUT2D eigenvalue weighted by molar-refractivity contribution is 7.88. The fourth-order valence-corrected chi connectivity index (χ4v) is 3.47. The molecule has 9 nitrogen and oxygen atoms in total. The molecule has 1 aromatic heterocycles. The van der Waals surface area contributed by atoms with Crippen LogP contribution in [0, 0.1) is 12.8 Å². The summed E-state index contributed by atoms with van der Waals surface area (Å²) in [5.74, 6) is -2.10. The van der Waals surface area contributed by atoms with Gasteiger partial charge in [-0.3, -0.25) is 4.79 Å². The van der Waals surface area contributed by atoms with E-state index in [0.717, 1.165) is 16.8 Å². The van der Waals surface area contributed by atoms with Gasteiger partial charge in [0.05, 0.1) is 12.2 Å². The predicted octanol–water partition coefficient (Wildman–Crippen LogP) is 0.448. The summed E-state index contributed by atoms with van der Waals surface area (Å²) in [7, 11) is -1.14. The van der Waals surface area contributed by atoms with Crippen molar-refractivity contribution in [1.82, 2.24) is 9.62 Å². The highest BCUT2D eigenvalue weighted by Crippen LogP contribution is 2.23. The highest BCUT2D eigenvalue weighted by Gasteiger charge is 2.33. The molecule has 0 aromatic carbocycles. The van der Waals surface area contributed by atoms with Gasteiger partial charge in [0.25, 0.3) is 15.9 Å². The van der Waals surface area contributed by atoms with E-state index in [4.69, 9.17) is 9.15 Å². The summed E-state index contributed by atoms with van der Waals surface area (Å²) in [6.07, 6.45) is 1.35. The van der Waals surface area contributed by atoms with E-state index >= 15 is 0 Å². The van der Waals surface area contributed by atoms with Crippen LogP contribution in [0.5, 0.6) is 0 Å². The molecule has 10 heteroatoms. The number of ether oxygens (including phenoxy) is 1. The Morgan fingerprint density at radius 2 is 2.08 bits per heavy atom. The molecular formula is C15H22N2O7S. The van der Waals surface area contributed by atoms with Crippen molar-refractivity contribution >= 4 is 21.9 Å². The standard InChI is InChI=1S/C15H22N2O7S/c1-9-11(7-12(24-9)25(21,22)17(2)3)14(18)16-13(15(19)20)10-5-4-6-23-8-10/h7,10,13H,4-6,8H2,1-3H3,(H,16,18)(H,19,20). The number of aliphatic carboxylic acids is 1. The summed E-state index contributed by atoms with van der Waals surface area (Å²) in [5, 5.41) is 11.5. The van der Waals surface area contributed by atoms with Gasteiger partial charge in [0.2, 0.25) is 5.09 Å². The lowest BCUT2D eigenvalue weighted by Gasteiger charge is -2.28. The van der Waals surface area contributed by atoms with E-state index < -0.39 is 27.9 Å². The Balaban J connectivity index is 2.22. The molecule has 2 rings (SSSR count). The predicted molar refractivity (Wildman–Crippen MR) is 86.8 cm³/mol. The Morgan fingerprint density at radius 1 is 1.40 bits per heavy atom. The average Bonchev–Trinajstić information content (AvgIpc) is 2.95. The molecule has 0 saturated carbocycles. The van der Waals surface area contributed by atoms with Crippen molar-refractivity contribution in [2.75, 3.05) is 27.3 Å². The maximum Gasteiger partial charge on any atom is 0.326 e. The molecule has 140 valence electrons. The number of amides is 1. The summed E-state index contributed by atoms with van der Waals surface area (Å²) in [6.45, 7) is 2.27. The zero-order chi connectivity index (χ0) is 18.8. The number of hydrogen-bond donors (Lipinski definition) is 2. The van der Waals surface area contributed by atoms with Crippen LogP contribution in [0.15, 0.2) is 15.6 Å². The van der Waals surface area contributed by atoms with E-state index in [1.807, 2.05) is 0 Å². The molecule has 0 spiro atoms. The van der Waals surface area contributed by atoms with Crippen molar-refractivity contribution in [3.05, 3.63) is 17.4 Å². The van der Waals surface area contributed by atoms with Gasteiger partial charge in [0.15, 0.2) is 0 Å². The third-order valence-corrected chi connectivity index (χ3v) is 5.77. The lowest BCUT2D eigenvalue weighted by atomic mass is 9.93. The van der Waals surface area contributed by atoms with Gasteiger partial charge in [-0.1, -0.05) is 0 Å². The molecule has 1 fully saturated rings. The van der Waals surface area contributed by atoms with Gasteiger partial charge >= 0.3 is 5.97 Å². The normalized spacial score (nSPS) is 19.6. The largest absolute Gasteiger partial charge is 0.480 e. The van der Waals surface area contributed by atoms with Crippen LogP contribution in [0.4, 0.5) is 0 Å². The van der Waals surface area contributed by atoms with Crippen LogP contribution in [-0.2, 0) is 19.6 Å². The van der Waals surface area contributed by atoms with Gasteiger partial charge in [-0.15, -0.1) is 0 Å². The first-order chi connectivity index (χ1) is 11.6. The maximum atomic E-state index is 12.4. The molecule has 0 radical (unpaired) electrons. The number of aryl methyl sites for hydroxylation is 1. The minimum absolute atomic E-state index is 0.0107. The van der Waals surface area contributed by atoms with E-state index in [-0.39, 0.29) is 28.9 Å². The molecule has 0 bridgehead atoms. The molecular weight excluding hydrogens is 352 g/mol. The van der Waals surface area contributed by atoms with Gasteiger partial charge in [0.1, 0.15) is 11.8 Å². The van der Waals surface area contributed by atoms with Gasteiger partial charge in [-0.25, -0.2) is 17.5 Å². The summed E-state index contributed by atoms with van der Waals surface area (Å²) in [5.41, 5.74) is -0.0107. The maximum absolute atomic E-state index is 12.4. The van der Waals surface area contributed by atoms with Crippen molar-refractivity contribution < 1.29 is 32.3 Å². The monoisotopic (exact) mass is 374 g/mol. The fraction of sp³-hybridized carbons (Fsp3) is 0.600. The summed E-state index contributed by atoms with van der Waals surface area (Å²) in [4.78, 5) is 24.0. The third kappa shape index (κ3) is 4.20. The summed E-state index contributed by atoms with van der Waals surface area (Å²) < 4.78 is 35.6. The van der Waals surface area contributed by atoms with E-state index in [1.54, 1.807) is 0 Å². The molecule has 2 unspecified atom stereocenters. The van der Waals surface area contributed by atoms with Crippen molar-refractivity contribution in [3.63, 3.8) is 0 Å². The van der Waals surface area contributed by atoms with Gasteiger partial charge in [-0.05, 0) is 19.8 Å². The Kier molecular flexibility index (Phi) is 5.86. The highest BCUT2D eigenvalue weighted by atomic mass is 32.2. The average molecular weight is 374 g/mol. The number of carbonyl (C=O) groups is 2. The van der Waals surface area contributed by atoms with Crippen LogP contribution in [0.1, 0.15) is 29.0 Å². The van der Waals surface area contributed by atoms with Crippen LogP contribution in [-0.4, -0.2) is 63.1 Å². The molecule has 1 saturated heterocycles. The van der Waals surface area contributed by atoms with E-state index in [9.17, 15) is 23.1 Å². The second-order valence-corrected chi connectivity index (χ2v) is 8.17. The lowest BCUT2D eigenvalue weighted by Crippen LogP contribution is -2.48. The number of nitrogens with zero attached hydrogens (tertiary/aromatic N) is 1. The topological polar surface area (TPSA) is 126 Å². The van der Waals surface area contributed by atoms with Crippen LogP contribution in [0.3, 0.4) is 0 Å². The van der Waals surface area contributed by atoms with Gasteiger partial charge < -0.3 is 19.6 Å². The van der Waals surface area contributed by atoms with Crippen molar-refractivity contribution in [3.8, 4) is 0 Å². The first-order valence-electron chi connectivity index (χ1n) is 7.79. The Hall–Kier alpha value is -1.91. The molecule has 2 N–H and O–H groups in total. The molecule has 1 aromatic rings. The van der Waals surface area contributed by atoms with Crippen LogP contribution >= 0.6 is 0 Å². The Labute approximate surface area is 146 Å². The van der Waals surface area contributed by atoms with E-state index in [0.29, 0.717) is 13.0 Å². The second-order valence-electron chi connectivity index (χ2n) is 6.09. The van der Waals surface area contributed by atoms with Gasteiger partial charge in [0, 0.05) is 32.7 Å². The molecule has 25 heavy (non-hydrogen) atoms. The van der Waals surface area contributed by atoms with Crippen molar-refractivity contribution in [2.24, 2.45) is 5.92 Å². The lowest BCUT2D eigenvalue weighted by molar-refractivity contribution is -0.142. The van der Waals surface area contributed by atoms with Crippen LogP contribution in [0.2, 0.25) is 0 Å². The second kappa shape index (κ2) is 7.54. The van der Waals surface area contributed by atoms with E-state index in [1.165, 1.54) is 21.0 Å². The van der Waals surface area contributed by atoms with Crippen molar-refractivity contribution in [1.29, 1.82) is 0 Å². The molecule has 0 aliphatic carbocycles. The Bertz CT molecular complexity index is 748. The molecule has 1 aliphatic heterocycles. The quantitative estimate of drug-likeness (QED) is 0.740. The number of rotatable bonds is 6. The number of sulfonamides is 1. The zero-order valence-corrected chi connectivity index (χ0v) is 15.1. The number of carboxylic acid groups (broad SMARTS) is 1. The first kappa shape index (κ1) is 19.4. The molecule has 2 atom stereocenters. The molecule has 1 aliphatic rings. The fourth-order valence-electron chi connectivity index (χ4n) is 2.62.